The molecule has 0 aliphatic carbocycles. The zero-order chi connectivity index (χ0) is 29.8. The quantitative estimate of drug-likeness (QED) is 0.265. The number of hydrogen-bond donors (Lipinski definition) is 1. The minimum absolute atomic E-state index is 0.101. The summed E-state index contributed by atoms with van der Waals surface area (Å²) in [5.41, 5.74) is 6.51. The second-order valence-electron chi connectivity index (χ2n) is 10.2. The standard InChI is InChI=1S/C33H36N4O4S/c1-6-17-34-28(38)19-36-29(39)20-42-32(24-15-16-26(40-4)27(18-24)41-5)30-31(23-12-8-7-9-13-23)35-37(33(30)36)25-14-10-11-21(2)22(25)3/h7-16,18,32H,6,17,19-20H2,1-5H3,(H,34,38)/t32-/m0/s1. The number of benzene rings is 3. The van der Waals surface area contributed by atoms with Crippen LogP contribution in [0.5, 0.6) is 11.5 Å². The number of ether oxygens (including phenoxy) is 2. The van der Waals surface area contributed by atoms with E-state index in [1.807, 2.05) is 72.3 Å². The fraction of sp³-hybridized carbons (Fsp3) is 0.303. The van der Waals surface area contributed by atoms with E-state index in [9.17, 15) is 9.59 Å². The molecule has 5 rings (SSSR count). The molecule has 4 aromatic rings. The van der Waals surface area contributed by atoms with Crippen molar-refractivity contribution < 1.29 is 19.1 Å². The number of carbonyl (C=O) groups is 2. The highest BCUT2D eigenvalue weighted by Gasteiger charge is 2.38. The second kappa shape index (κ2) is 12.7. The molecule has 0 saturated heterocycles. The Bertz CT molecular complexity index is 1600. The predicted octanol–water partition coefficient (Wildman–Crippen LogP) is 5.87. The lowest BCUT2D eigenvalue weighted by atomic mass is 9.99. The molecule has 1 aromatic heterocycles. The zero-order valence-corrected chi connectivity index (χ0v) is 25.5. The van der Waals surface area contributed by atoms with Gasteiger partial charge in [0.05, 0.1) is 36.6 Å². The van der Waals surface area contributed by atoms with Crippen molar-refractivity contribution in [3.8, 4) is 28.4 Å². The summed E-state index contributed by atoms with van der Waals surface area (Å²) in [5.74, 6) is 1.66. The van der Waals surface area contributed by atoms with Gasteiger partial charge in [0.2, 0.25) is 11.8 Å². The van der Waals surface area contributed by atoms with Crippen LogP contribution in [0.2, 0.25) is 0 Å². The van der Waals surface area contributed by atoms with E-state index in [2.05, 4.69) is 25.2 Å². The highest BCUT2D eigenvalue weighted by molar-refractivity contribution is 8.00. The highest BCUT2D eigenvalue weighted by atomic mass is 32.2. The molecule has 9 heteroatoms. The minimum Gasteiger partial charge on any atom is -0.493 e. The molecule has 0 saturated carbocycles. The summed E-state index contributed by atoms with van der Waals surface area (Å²) >= 11 is 1.52. The summed E-state index contributed by atoms with van der Waals surface area (Å²) in [4.78, 5) is 28.6. The van der Waals surface area contributed by atoms with Crippen LogP contribution in [0.3, 0.4) is 0 Å². The molecule has 2 amide bonds. The van der Waals surface area contributed by atoms with Gasteiger partial charge >= 0.3 is 0 Å². The van der Waals surface area contributed by atoms with Crippen molar-refractivity contribution in [2.75, 3.05) is 38.0 Å². The number of aromatic nitrogens is 2. The van der Waals surface area contributed by atoms with Crippen molar-refractivity contribution in [1.82, 2.24) is 15.1 Å². The number of nitrogens with one attached hydrogen (secondary N) is 1. The Morgan fingerprint density at radius 2 is 1.79 bits per heavy atom. The number of nitrogens with zero attached hydrogens (tertiary/aromatic N) is 3. The molecule has 8 nitrogen and oxygen atoms in total. The van der Waals surface area contributed by atoms with Crippen LogP contribution in [0, 0.1) is 13.8 Å². The van der Waals surface area contributed by atoms with Crippen LogP contribution in [-0.4, -0.2) is 54.7 Å². The maximum Gasteiger partial charge on any atom is 0.240 e. The summed E-state index contributed by atoms with van der Waals surface area (Å²) in [6.07, 6.45) is 0.806. The van der Waals surface area contributed by atoms with Crippen molar-refractivity contribution in [3.63, 3.8) is 0 Å². The van der Waals surface area contributed by atoms with Crippen LogP contribution in [-0.2, 0) is 9.59 Å². The van der Waals surface area contributed by atoms with Gasteiger partial charge in [-0.2, -0.15) is 5.10 Å². The lowest BCUT2D eigenvalue weighted by Crippen LogP contribution is -2.42. The summed E-state index contributed by atoms with van der Waals surface area (Å²) in [6.45, 7) is 6.56. The fourth-order valence-electron chi connectivity index (χ4n) is 5.20. The molecule has 3 aromatic carbocycles. The average Bonchev–Trinajstić information content (AvgIpc) is 3.33. The minimum atomic E-state index is -0.276. The normalized spacial score (nSPS) is 14.7. The van der Waals surface area contributed by atoms with Crippen molar-refractivity contribution in [2.45, 2.75) is 32.4 Å². The van der Waals surface area contributed by atoms with Gasteiger partial charge < -0.3 is 14.8 Å². The monoisotopic (exact) mass is 584 g/mol. The molecule has 0 radical (unpaired) electrons. The smallest absolute Gasteiger partial charge is 0.240 e. The van der Waals surface area contributed by atoms with Crippen molar-refractivity contribution >= 4 is 29.4 Å². The van der Waals surface area contributed by atoms with E-state index >= 15 is 0 Å². The summed E-state index contributed by atoms with van der Waals surface area (Å²) in [6, 6.07) is 21.9. The van der Waals surface area contributed by atoms with E-state index in [1.165, 1.54) is 11.8 Å². The first-order chi connectivity index (χ1) is 20.4. The van der Waals surface area contributed by atoms with Gasteiger partial charge in [-0.05, 0) is 55.2 Å². The topological polar surface area (TPSA) is 85.7 Å². The third-order valence-electron chi connectivity index (χ3n) is 7.52. The molecule has 0 fully saturated rings. The van der Waals surface area contributed by atoms with Gasteiger partial charge in [0.25, 0.3) is 0 Å². The molecular formula is C33H36N4O4S. The summed E-state index contributed by atoms with van der Waals surface area (Å²) in [5, 5.41) is 7.87. The number of anilines is 1. The van der Waals surface area contributed by atoms with E-state index in [-0.39, 0.29) is 29.4 Å². The van der Waals surface area contributed by atoms with Gasteiger partial charge in [0.1, 0.15) is 12.4 Å². The van der Waals surface area contributed by atoms with Gasteiger partial charge in [-0.1, -0.05) is 55.5 Å². The van der Waals surface area contributed by atoms with E-state index in [0.29, 0.717) is 23.9 Å². The van der Waals surface area contributed by atoms with E-state index in [0.717, 1.165) is 45.6 Å². The number of hydrogen-bond acceptors (Lipinski definition) is 6. The number of rotatable bonds is 9. The molecule has 1 atom stereocenters. The molecule has 218 valence electrons. The third-order valence-corrected chi connectivity index (χ3v) is 8.78. The fourth-order valence-corrected chi connectivity index (χ4v) is 6.39. The SMILES string of the molecule is CCCNC(=O)CN1C(=O)CS[C@@H](c2ccc(OC)c(OC)c2)c2c(-c3ccccc3)nn(-c3cccc(C)c3C)c21. The molecule has 1 N–H and O–H groups in total. The molecule has 0 spiro atoms. The summed E-state index contributed by atoms with van der Waals surface area (Å²) in [7, 11) is 3.22. The number of thioether (sulfide) groups is 1. The number of fused-ring (bicyclic) bond motifs is 1. The maximum atomic E-state index is 13.9. The van der Waals surface area contributed by atoms with E-state index in [4.69, 9.17) is 14.6 Å². The zero-order valence-electron chi connectivity index (χ0n) is 24.6. The van der Waals surface area contributed by atoms with Crippen molar-refractivity contribution in [2.24, 2.45) is 0 Å². The van der Waals surface area contributed by atoms with Crippen molar-refractivity contribution in [3.05, 3.63) is 89.0 Å². The average molecular weight is 585 g/mol. The Labute approximate surface area is 251 Å². The van der Waals surface area contributed by atoms with E-state index in [1.54, 1.807) is 19.1 Å². The molecule has 2 heterocycles. The first kappa shape index (κ1) is 29.3. The van der Waals surface area contributed by atoms with Gasteiger partial charge in [-0.3, -0.25) is 14.5 Å². The van der Waals surface area contributed by atoms with Gasteiger partial charge in [0.15, 0.2) is 11.5 Å². The Hall–Kier alpha value is -4.24. The second-order valence-corrected chi connectivity index (χ2v) is 11.3. The Kier molecular flexibility index (Phi) is 8.87. The molecule has 0 unspecified atom stereocenters. The number of methoxy groups -OCH3 is 2. The predicted molar refractivity (Wildman–Crippen MR) is 168 cm³/mol. The Morgan fingerprint density at radius 1 is 1.02 bits per heavy atom. The van der Waals surface area contributed by atoms with Gasteiger partial charge in [-0.25, -0.2) is 4.68 Å². The van der Waals surface area contributed by atoms with Crippen LogP contribution >= 0.6 is 11.8 Å². The molecule has 1 aliphatic rings. The van der Waals surface area contributed by atoms with Gasteiger partial charge in [0, 0.05) is 17.7 Å². The van der Waals surface area contributed by atoms with Gasteiger partial charge in [-0.15, -0.1) is 11.8 Å². The molecular weight excluding hydrogens is 548 g/mol. The Balaban J connectivity index is 1.82. The van der Waals surface area contributed by atoms with Crippen LogP contribution in [0.15, 0.2) is 66.7 Å². The maximum absolute atomic E-state index is 13.9. The Morgan fingerprint density at radius 3 is 2.50 bits per heavy atom. The third kappa shape index (κ3) is 5.61. The highest BCUT2D eigenvalue weighted by Crippen LogP contribution is 2.49. The van der Waals surface area contributed by atoms with Crippen molar-refractivity contribution in [1.29, 1.82) is 0 Å². The molecule has 1 aliphatic heterocycles. The largest absolute Gasteiger partial charge is 0.493 e. The molecule has 42 heavy (non-hydrogen) atoms. The number of aryl methyl sites for hydroxylation is 1. The number of carbonyl (C=O) groups excluding carboxylic acids is 2. The molecule has 0 bridgehead atoms. The lowest BCUT2D eigenvalue weighted by molar-refractivity contribution is -0.122. The first-order valence-corrected chi connectivity index (χ1v) is 15.1. The van der Waals surface area contributed by atoms with Crippen LogP contribution in [0.25, 0.3) is 16.9 Å². The lowest BCUT2D eigenvalue weighted by Gasteiger charge is -2.24. The van der Waals surface area contributed by atoms with Crippen LogP contribution < -0.4 is 19.7 Å². The first-order valence-electron chi connectivity index (χ1n) is 14.0. The van der Waals surface area contributed by atoms with Crippen LogP contribution in [0.4, 0.5) is 5.82 Å². The van der Waals surface area contributed by atoms with E-state index < -0.39 is 0 Å². The number of amides is 2. The summed E-state index contributed by atoms with van der Waals surface area (Å²) < 4.78 is 13.0. The van der Waals surface area contributed by atoms with Crippen LogP contribution in [0.1, 0.15) is 40.8 Å².